The van der Waals surface area contributed by atoms with Gasteiger partial charge in [-0.2, -0.15) is 0 Å². The quantitative estimate of drug-likeness (QED) is 0.726. The van der Waals surface area contributed by atoms with Crippen molar-refractivity contribution in [2.45, 2.75) is 13.8 Å². The van der Waals surface area contributed by atoms with E-state index in [-0.39, 0.29) is 0 Å². The van der Waals surface area contributed by atoms with Gasteiger partial charge in [-0.1, -0.05) is 0 Å². The Labute approximate surface area is 73.6 Å². The zero-order valence-corrected chi connectivity index (χ0v) is 8.06. The third-order valence-corrected chi connectivity index (χ3v) is 1.99. The van der Waals surface area contributed by atoms with E-state index in [1.165, 1.54) is 5.56 Å². The fourth-order valence-electron chi connectivity index (χ4n) is 1.30. The zero-order chi connectivity index (χ0) is 9.14. The molecule has 0 amide bonds. The second-order valence-corrected chi connectivity index (χ2v) is 2.89. The van der Waals surface area contributed by atoms with Crippen molar-refractivity contribution >= 4 is 5.69 Å². The highest BCUT2D eigenvalue weighted by atomic mass is 16.5. The minimum Gasteiger partial charge on any atom is -0.496 e. The van der Waals surface area contributed by atoms with E-state index in [4.69, 9.17) is 4.74 Å². The van der Waals surface area contributed by atoms with Gasteiger partial charge < -0.3 is 10.1 Å². The Balaban J connectivity index is 3.22. The molecule has 66 valence electrons. The highest BCUT2D eigenvalue weighted by Crippen LogP contribution is 2.26. The van der Waals surface area contributed by atoms with Crippen molar-refractivity contribution in [3.8, 4) is 5.75 Å². The van der Waals surface area contributed by atoms with Gasteiger partial charge in [0.25, 0.3) is 0 Å². The van der Waals surface area contributed by atoms with Crippen LogP contribution in [-0.4, -0.2) is 14.2 Å². The molecule has 2 heteroatoms. The van der Waals surface area contributed by atoms with Crippen LogP contribution in [0.25, 0.3) is 0 Å². The van der Waals surface area contributed by atoms with E-state index in [0.29, 0.717) is 0 Å². The number of hydrogen-bond donors (Lipinski definition) is 1. The summed E-state index contributed by atoms with van der Waals surface area (Å²) in [6, 6.07) is 4.15. The maximum Gasteiger partial charge on any atom is 0.124 e. The van der Waals surface area contributed by atoms with E-state index in [9.17, 15) is 0 Å². The Morgan fingerprint density at radius 1 is 1.25 bits per heavy atom. The topological polar surface area (TPSA) is 21.3 Å². The van der Waals surface area contributed by atoms with Crippen LogP contribution in [0.3, 0.4) is 0 Å². The fourth-order valence-corrected chi connectivity index (χ4v) is 1.30. The van der Waals surface area contributed by atoms with Gasteiger partial charge in [-0.05, 0) is 31.5 Å². The first-order valence-electron chi connectivity index (χ1n) is 4.02. The molecule has 0 radical (unpaired) electrons. The van der Waals surface area contributed by atoms with Gasteiger partial charge in [0, 0.05) is 18.3 Å². The van der Waals surface area contributed by atoms with E-state index in [0.717, 1.165) is 17.0 Å². The number of benzene rings is 1. The van der Waals surface area contributed by atoms with Crippen molar-refractivity contribution < 1.29 is 4.74 Å². The SMILES string of the molecule is CNc1cc(C)cc(OC)c1C. The number of aryl methyl sites for hydroxylation is 1. The van der Waals surface area contributed by atoms with Gasteiger partial charge in [-0.25, -0.2) is 0 Å². The van der Waals surface area contributed by atoms with Gasteiger partial charge in [0.05, 0.1) is 7.11 Å². The molecule has 0 heterocycles. The van der Waals surface area contributed by atoms with Crippen molar-refractivity contribution in [1.29, 1.82) is 0 Å². The predicted molar refractivity (Wildman–Crippen MR) is 52.0 cm³/mol. The molecule has 0 aliphatic heterocycles. The van der Waals surface area contributed by atoms with E-state index in [1.807, 2.05) is 20.0 Å². The average molecular weight is 165 g/mol. The molecule has 1 aromatic rings. The summed E-state index contributed by atoms with van der Waals surface area (Å²) in [4.78, 5) is 0. The zero-order valence-electron chi connectivity index (χ0n) is 8.06. The molecule has 0 aromatic heterocycles. The monoisotopic (exact) mass is 165 g/mol. The van der Waals surface area contributed by atoms with Crippen LogP contribution in [0.5, 0.6) is 5.75 Å². The van der Waals surface area contributed by atoms with Crippen molar-refractivity contribution in [2.24, 2.45) is 0 Å². The molecule has 0 saturated heterocycles. The number of hydrogen-bond acceptors (Lipinski definition) is 2. The lowest BCUT2D eigenvalue weighted by atomic mass is 10.1. The van der Waals surface area contributed by atoms with E-state index in [1.54, 1.807) is 7.11 Å². The fraction of sp³-hybridized carbons (Fsp3) is 0.400. The minimum absolute atomic E-state index is 0.944. The summed E-state index contributed by atoms with van der Waals surface area (Å²) in [6.07, 6.45) is 0. The maximum absolute atomic E-state index is 5.23. The van der Waals surface area contributed by atoms with Crippen LogP contribution in [0.2, 0.25) is 0 Å². The molecular weight excluding hydrogens is 150 g/mol. The van der Waals surface area contributed by atoms with Gasteiger partial charge in [0.2, 0.25) is 0 Å². The largest absolute Gasteiger partial charge is 0.496 e. The summed E-state index contributed by atoms with van der Waals surface area (Å²) in [5.74, 6) is 0.944. The normalized spacial score (nSPS) is 9.67. The first-order valence-corrected chi connectivity index (χ1v) is 4.02. The molecule has 2 nitrogen and oxygen atoms in total. The third kappa shape index (κ3) is 1.52. The summed E-state index contributed by atoms with van der Waals surface area (Å²) >= 11 is 0. The molecule has 1 N–H and O–H groups in total. The van der Waals surface area contributed by atoms with Gasteiger partial charge >= 0.3 is 0 Å². The van der Waals surface area contributed by atoms with Crippen LogP contribution in [-0.2, 0) is 0 Å². The van der Waals surface area contributed by atoms with E-state index >= 15 is 0 Å². The maximum atomic E-state index is 5.23. The Bertz CT molecular complexity index is 256. The van der Waals surface area contributed by atoms with Crippen LogP contribution in [0, 0.1) is 13.8 Å². The van der Waals surface area contributed by atoms with Crippen LogP contribution in [0.15, 0.2) is 12.1 Å². The van der Waals surface area contributed by atoms with E-state index < -0.39 is 0 Å². The van der Waals surface area contributed by atoms with Crippen LogP contribution < -0.4 is 10.1 Å². The molecule has 0 atom stereocenters. The molecular formula is C10H15NO. The lowest BCUT2D eigenvalue weighted by Gasteiger charge is -2.11. The predicted octanol–water partition coefficient (Wildman–Crippen LogP) is 2.35. The standard InChI is InChI=1S/C10H15NO/c1-7-5-9(11-3)8(2)10(6-7)12-4/h5-6,11H,1-4H3. The Morgan fingerprint density at radius 3 is 2.42 bits per heavy atom. The first kappa shape index (κ1) is 8.91. The number of rotatable bonds is 2. The van der Waals surface area contributed by atoms with Gasteiger partial charge in [-0.3, -0.25) is 0 Å². The van der Waals surface area contributed by atoms with Crippen LogP contribution in [0.1, 0.15) is 11.1 Å². The summed E-state index contributed by atoms with van der Waals surface area (Å²) in [5, 5.41) is 3.13. The third-order valence-electron chi connectivity index (χ3n) is 1.99. The molecule has 0 saturated carbocycles. The first-order chi connectivity index (χ1) is 5.69. The van der Waals surface area contributed by atoms with Crippen molar-refractivity contribution in [3.63, 3.8) is 0 Å². The second kappa shape index (κ2) is 3.48. The smallest absolute Gasteiger partial charge is 0.124 e. The Morgan fingerprint density at radius 2 is 1.92 bits per heavy atom. The summed E-state index contributed by atoms with van der Waals surface area (Å²) in [5.41, 5.74) is 3.50. The van der Waals surface area contributed by atoms with E-state index in [2.05, 4.69) is 18.3 Å². The van der Waals surface area contributed by atoms with Crippen molar-refractivity contribution in [1.82, 2.24) is 0 Å². The summed E-state index contributed by atoms with van der Waals surface area (Å²) < 4.78 is 5.23. The second-order valence-electron chi connectivity index (χ2n) is 2.89. The average Bonchev–Trinajstić information content (AvgIpc) is 2.08. The Hall–Kier alpha value is -1.18. The van der Waals surface area contributed by atoms with Gasteiger partial charge in [0.15, 0.2) is 0 Å². The number of nitrogens with one attached hydrogen (secondary N) is 1. The highest BCUT2D eigenvalue weighted by Gasteiger charge is 2.03. The molecule has 0 aliphatic carbocycles. The van der Waals surface area contributed by atoms with Gasteiger partial charge in [-0.15, -0.1) is 0 Å². The van der Waals surface area contributed by atoms with Crippen molar-refractivity contribution in [2.75, 3.05) is 19.5 Å². The lowest BCUT2D eigenvalue weighted by Crippen LogP contribution is -1.95. The highest BCUT2D eigenvalue weighted by molar-refractivity contribution is 5.58. The summed E-state index contributed by atoms with van der Waals surface area (Å²) in [6.45, 7) is 4.10. The molecule has 1 aromatic carbocycles. The molecule has 12 heavy (non-hydrogen) atoms. The number of ether oxygens (including phenoxy) is 1. The lowest BCUT2D eigenvalue weighted by molar-refractivity contribution is 0.411. The molecule has 1 rings (SSSR count). The van der Waals surface area contributed by atoms with Crippen molar-refractivity contribution in [3.05, 3.63) is 23.3 Å². The number of anilines is 1. The summed E-state index contributed by atoms with van der Waals surface area (Å²) in [7, 11) is 3.61. The Kier molecular flexibility index (Phi) is 2.58. The molecule has 0 bridgehead atoms. The molecule has 0 unspecified atom stereocenters. The molecule has 0 spiro atoms. The molecule has 0 fully saturated rings. The number of methoxy groups -OCH3 is 1. The minimum atomic E-state index is 0.944. The van der Waals surface area contributed by atoms with Gasteiger partial charge in [0.1, 0.15) is 5.75 Å². The van der Waals surface area contributed by atoms with Crippen LogP contribution in [0.4, 0.5) is 5.69 Å². The molecule has 0 aliphatic rings. The van der Waals surface area contributed by atoms with Crippen LogP contribution >= 0.6 is 0 Å².